The van der Waals surface area contributed by atoms with E-state index >= 15 is 0 Å². The average molecular weight is 336 g/mol. The third-order valence-corrected chi connectivity index (χ3v) is 0. The molecule has 0 spiro atoms. The van der Waals surface area contributed by atoms with Crippen molar-refractivity contribution in [1.29, 1.82) is 0 Å². The molecule has 0 amide bonds. The van der Waals surface area contributed by atoms with Crippen molar-refractivity contribution in [2.75, 3.05) is 0 Å². The quantitative estimate of drug-likeness (QED) is 0.413. The molecule has 7 heavy (non-hydrogen) atoms. The summed E-state index contributed by atoms with van der Waals surface area (Å²) in [6, 6.07) is 0. The molecule has 0 atom stereocenters. The summed E-state index contributed by atoms with van der Waals surface area (Å²) in [6.07, 6.45) is 0. The fourth-order valence-electron chi connectivity index (χ4n) is 0. The van der Waals surface area contributed by atoms with Crippen LogP contribution >= 0.6 is 0 Å². The van der Waals surface area contributed by atoms with Gasteiger partial charge in [0.2, 0.25) is 0 Å². The van der Waals surface area contributed by atoms with Gasteiger partial charge in [-0.25, -0.2) is 0 Å². The van der Waals surface area contributed by atoms with Crippen LogP contribution in [0.4, 0.5) is 0 Å². The zero-order chi connectivity index (χ0) is 3.58. The van der Waals surface area contributed by atoms with Gasteiger partial charge in [0.1, 0.15) is 0 Å². The van der Waals surface area contributed by atoms with Crippen molar-refractivity contribution in [3.8, 4) is 0 Å². The maximum absolute atomic E-state index is 8.42. The normalized spacial score (nSPS) is 3.86. The Hall–Kier alpha value is 1.98. The van der Waals surface area contributed by atoms with Gasteiger partial charge < -0.3 is 15.1 Å². The maximum Gasteiger partial charge on any atom is 2.00 e. The Morgan fingerprint density at radius 3 is 1.00 bits per heavy atom. The zero-order valence-corrected chi connectivity index (χ0v) is 8.43. The van der Waals surface area contributed by atoms with Gasteiger partial charge in [-0.3, -0.25) is 7.32 Å². The molecular weight excluding hydrogens is 336 g/mol. The van der Waals surface area contributed by atoms with E-state index < -0.39 is 7.32 Å². The van der Waals surface area contributed by atoms with Crippen molar-refractivity contribution in [3.05, 3.63) is 0 Å². The van der Waals surface area contributed by atoms with E-state index in [9.17, 15) is 0 Å². The molecule has 0 unspecified atom stereocenters. The van der Waals surface area contributed by atoms with Crippen molar-refractivity contribution in [3.63, 3.8) is 0 Å². The van der Waals surface area contributed by atoms with Crippen LogP contribution in [0, 0.1) is 0 Å². The van der Waals surface area contributed by atoms with Gasteiger partial charge in [-0.15, -0.1) is 0 Å². The Balaban J connectivity index is -0.0000000150. The van der Waals surface area contributed by atoms with Gasteiger partial charge in [-0.2, -0.15) is 0 Å². The van der Waals surface area contributed by atoms with E-state index in [1.54, 1.807) is 0 Å². The second-order valence-corrected chi connectivity index (χ2v) is 0.289. The monoisotopic (exact) mass is 337 g/mol. The van der Waals surface area contributed by atoms with Crippen LogP contribution in [0.15, 0.2) is 0 Å². The first-order valence-corrected chi connectivity index (χ1v) is 0.707. The molecule has 0 rings (SSSR count). The number of hydrogen-bond acceptors (Lipinski definition) is 3. The van der Waals surface area contributed by atoms with Crippen molar-refractivity contribution < 1.29 is 51.0 Å². The van der Waals surface area contributed by atoms with Gasteiger partial charge in [0.15, 0.2) is 0 Å². The van der Waals surface area contributed by atoms with E-state index in [0.29, 0.717) is 0 Å². The molecule has 0 saturated carbocycles. The minimum absolute atomic E-state index is 0. The first kappa shape index (κ1) is 23.1. The van der Waals surface area contributed by atoms with Gasteiger partial charge in [0.25, 0.3) is 0 Å². The molecule has 0 aromatic rings. The molecule has 35 valence electrons. The Bertz CT molecular complexity index is 19.7. The van der Waals surface area contributed by atoms with E-state index in [0.717, 1.165) is 0 Å². The molecule has 0 aliphatic heterocycles. The number of hydrogen-bond donors (Lipinski definition) is 0. The minimum atomic E-state index is -2.92. The second-order valence-electron chi connectivity index (χ2n) is 0.289. The van der Waals surface area contributed by atoms with Gasteiger partial charge in [0, 0.05) is 0 Å². The van der Waals surface area contributed by atoms with Crippen LogP contribution in [0.1, 0.15) is 0 Å². The summed E-state index contributed by atoms with van der Waals surface area (Å²) in [5.74, 6) is 0. The van der Waals surface area contributed by atoms with Crippen molar-refractivity contribution in [2.45, 2.75) is 0 Å². The molecule has 3 radical (unpaired) electrons. The third kappa shape index (κ3) is 72.6. The molecule has 0 aliphatic carbocycles. The van der Waals surface area contributed by atoms with Gasteiger partial charge in [-0.1, -0.05) is 0 Å². The van der Waals surface area contributed by atoms with Crippen LogP contribution in [-0.4, -0.2) is 34.6 Å². The first-order chi connectivity index (χ1) is 1.73. The molecule has 0 bridgehead atoms. The van der Waals surface area contributed by atoms with Gasteiger partial charge in [0.05, 0.1) is 0 Å². The smallest absolute Gasteiger partial charge is 0.907 e. The zero-order valence-electron chi connectivity index (χ0n) is 3.60. The molecule has 0 aliphatic rings. The summed E-state index contributed by atoms with van der Waals surface area (Å²) in [5.41, 5.74) is 0. The largest absolute Gasteiger partial charge is 2.00 e. The van der Waals surface area contributed by atoms with E-state index in [1.807, 2.05) is 0 Å². The molecule has 3 nitrogen and oxygen atoms in total. The van der Waals surface area contributed by atoms with Crippen LogP contribution in [0.25, 0.3) is 0 Å². The molecule has 0 fully saturated rings. The van der Waals surface area contributed by atoms with Crippen LogP contribution in [-0.2, 0) is 17.1 Å². The van der Waals surface area contributed by atoms with Crippen molar-refractivity contribution >= 4 is 34.6 Å². The summed E-state index contributed by atoms with van der Waals surface area (Å²) in [4.78, 5) is 0. The van der Waals surface area contributed by atoms with Gasteiger partial charge >= 0.3 is 63.2 Å². The Kier molecular flexibility index (Phi) is 51.6. The molecular formula is BCuLiO3Pb+2. The summed E-state index contributed by atoms with van der Waals surface area (Å²) < 4.78 is 0. The second kappa shape index (κ2) is 15.7. The molecule has 0 saturated heterocycles. The molecule has 7 heteroatoms. The van der Waals surface area contributed by atoms with E-state index in [-0.39, 0.29) is 63.2 Å². The number of rotatable bonds is 0. The van der Waals surface area contributed by atoms with Crippen LogP contribution in [0.5, 0.6) is 0 Å². The predicted octanol–water partition coefficient (Wildman–Crippen LogP) is -7.33. The van der Waals surface area contributed by atoms with Crippen LogP contribution in [0.2, 0.25) is 0 Å². The fourth-order valence-corrected chi connectivity index (χ4v) is 0. The van der Waals surface area contributed by atoms with E-state index in [2.05, 4.69) is 0 Å². The summed E-state index contributed by atoms with van der Waals surface area (Å²) in [7, 11) is -2.92. The summed E-state index contributed by atoms with van der Waals surface area (Å²) in [6.45, 7) is 0. The van der Waals surface area contributed by atoms with Gasteiger partial charge in [-0.05, 0) is 0 Å². The Morgan fingerprint density at radius 1 is 1.00 bits per heavy atom. The predicted molar refractivity (Wildman–Crippen MR) is 11.5 cm³/mol. The van der Waals surface area contributed by atoms with E-state index in [1.165, 1.54) is 0 Å². The maximum atomic E-state index is 8.42. The van der Waals surface area contributed by atoms with Crippen molar-refractivity contribution in [1.82, 2.24) is 0 Å². The van der Waals surface area contributed by atoms with E-state index in [4.69, 9.17) is 15.1 Å². The van der Waals surface area contributed by atoms with Crippen LogP contribution < -0.4 is 33.9 Å². The molecule has 0 heterocycles. The first-order valence-electron chi connectivity index (χ1n) is 0.707. The topological polar surface area (TPSA) is 69.2 Å². The standard InChI is InChI=1S/BO3.Cu.Li.Pb/c2-1(3)4;;;/q-3;+2;+1;+2. The SMILES string of the molecule is [Cu+2].[Li+].[O-]B([O-])[O-].[Pb+2]. The Labute approximate surface area is 84.9 Å². The summed E-state index contributed by atoms with van der Waals surface area (Å²) in [5, 5.41) is 25.2. The molecule has 0 aromatic carbocycles. The third-order valence-electron chi connectivity index (χ3n) is 0. The summed E-state index contributed by atoms with van der Waals surface area (Å²) >= 11 is 0. The molecule has 0 N–H and O–H groups in total. The van der Waals surface area contributed by atoms with Crippen LogP contribution in [0.3, 0.4) is 0 Å². The minimum Gasteiger partial charge on any atom is -0.907 e. The molecule has 0 aromatic heterocycles. The van der Waals surface area contributed by atoms with Crippen molar-refractivity contribution in [2.24, 2.45) is 0 Å². The fraction of sp³-hybridized carbons (Fsp3) is 0. The Morgan fingerprint density at radius 2 is 1.00 bits per heavy atom. The average Bonchev–Trinajstić information content (AvgIpc) is 0.811.